The molecule has 2 unspecified atom stereocenters. The van der Waals surface area contributed by atoms with Crippen LogP contribution in [0, 0.1) is 0 Å². The summed E-state index contributed by atoms with van der Waals surface area (Å²) >= 11 is 0. The van der Waals surface area contributed by atoms with Crippen molar-refractivity contribution < 1.29 is 14.3 Å². The van der Waals surface area contributed by atoms with Crippen LogP contribution in [0.4, 0.5) is 16.2 Å². The molecule has 1 aliphatic heterocycles. The van der Waals surface area contributed by atoms with Crippen molar-refractivity contribution in [2.75, 3.05) is 16.8 Å². The zero-order valence-electron chi connectivity index (χ0n) is 17.0. The Morgan fingerprint density at radius 3 is 2.79 bits per heavy atom. The molecule has 0 aromatic heterocycles. The molecule has 1 heterocycles. The average Bonchev–Trinajstić information content (AvgIpc) is 2.70. The lowest BCUT2D eigenvalue weighted by Gasteiger charge is -2.34. The number of nitrogens with zero attached hydrogens (tertiary/aromatic N) is 1. The number of anilines is 2. The number of fused-ring (bicyclic) bond motifs is 1. The number of benzene rings is 1. The first kappa shape index (κ1) is 20.2. The maximum absolute atomic E-state index is 12.8. The minimum Gasteiger partial charge on any atom is -0.444 e. The second-order valence-corrected chi connectivity index (χ2v) is 8.49. The average molecular weight is 386 g/mol. The van der Waals surface area contributed by atoms with Gasteiger partial charge in [0.05, 0.1) is 11.4 Å². The van der Waals surface area contributed by atoms with Crippen LogP contribution in [0.5, 0.6) is 0 Å². The molecule has 0 saturated carbocycles. The van der Waals surface area contributed by atoms with E-state index in [-0.39, 0.29) is 11.9 Å². The molecule has 3 rings (SSSR count). The molecule has 6 heteroatoms. The number of carbonyl (C=O) groups excluding carboxylic acids is 2. The number of para-hydroxylation sites is 2. The molecule has 1 aromatic rings. The number of amides is 2. The van der Waals surface area contributed by atoms with Gasteiger partial charge in [0.2, 0.25) is 5.91 Å². The number of allylic oxidation sites excluding steroid dienone is 1. The smallest absolute Gasteiger partial charge is 0.408 e. The van der Waals surface area contributed by atoms with Gasteiger partial charge < -0.3 is 20.3 Å². The standard InChI is InChI=1S/C22H31N3O3/c1-22(2,3)28-21(27)24-18-15-25(16-11-7-5-4-6-8-12-16)19-14-10-9-13-17(19)23-20(18)26/h7,9-11,13-14,16,18H,4-6,8,12,15H2,1-3H3,(H,23,26)(H,24,27). The SMILES string of the molecule is CC(C)(C)OC(=O)NC1CN(C2C=CCCCCC2)c2ccccc2NC1=O. The van der Waals surface area contributed by atoms with Crippen molar-refractivity contribution in [3.05, 3.63) is 36.4 Å². The van der Waals surface area contributed by atoms with Gasteiger partial charge in [0.1, 0.15) is 11.6 Å². The Labute approximate surface area is 167 Å². The quantitative estimate of drug-likeness (QED) is 0.748. The fourth-order valence-corrected chi connectivity index (χ4v) is 3.70. The van der Waals surface area contributed by atoms with Crippen LogP contribution in [0.25, 0.3) is 0 Å². The van der Waals surface area contributed by atoms with Crippen molar-refractivity contribution in [2.24, 2.45) is 0 Å². The fraction of sp³-hybridized carbons (Fsp3) is 0.545. The second-order valence-electron chi connectivity index (χ2n) is 8.49. The Bertz CT molecular complexity index is 739. The van der Waals surface area contributed by atoms with Gasteiger partial charge in [-0.3, -0.25) is 4.79 Å². The third-order valence-corrected chi connectivity index (χ3v) is 4.99. The molecule has 1 aliphatic carbocycles. The molecular weight excluding hydrogens is 354 g/mol. The summed E-state index contributed by atoms with van der Waals surface area (Å²) in [5.41, 5.74) is 1.15. The summed E-state index contributed by atoms with van der Waals surface area (Å²) in [6.07, 6.45) is 9.61. The van der Waals surface area contributed by atoms with E-state index in [1.165, 1.54) is 12.8 Å². The molecule has 2 amide bonds. The molecule has 2 atom stereocenters. The topological polar surface area (TPSA) is 70.7 Å². The number of carbonyl (C=O) groups is 2. The molecule has 0 saturated heterocycles. The summed E-state index contributed by atoms with van der Waals surface area (Å²) < 4.78 is 5.36. The van der Waals surface area contributed by atoms with Crippen molar-refractivity contribution in [2.45, 2.75) is 70.6 Å². The number of rotatable bonds is 2. The van der Waals surface area contributed by atoms with Gasteiger partial charge in [-0.15, -0.1) is 0 Å². The summed E-state index contributed by atoms with van der Waals surface area (Å²) in [4.78, 5) is 27.3. The van der Waals surface area contributed by atoms with Gasteiger partial charge in [-0.25, -0.2) is 4.79 Å². The van der Waals surface area contributed by atoms with E-state index < -0.39 is 17.7 Å². The number of nitrogens with one attached hydrogen (secondary N) is 2. The summed E-state index contributed by atoms with van der Waals surface area (Å²) in [7, 11) is 0. The Morgan fingerprint density at radius 2 is 2.00 bits per heavy atom. The van der Waals surface area contributed by atoms with Gasteiger partial charge in [0.25, 0.3) is 0 Å². The number of hydrogen-bond donors (Lipinski definition) is 2. The highest BCUT2D eigenvalue weighted by Crippen LogP contribution is 2.32. The maximum atomic E-state index is 12.8. The van der Waals surface area contributed by atoms with Crippen molar-refractivity contribution in [1.82, 2.24) is 5.32 Å². The fourth-order valence-electron chi connectivity index (χ4n) is 3.70. The lowest BCUT2D eigenvalue weighted by Crippen LogP contribution is -2.52. The Balaban J connectivity index is 1.86. The number of hydrogen-bond acceptors (Lipinski definition) is 4. The van der Waals surface area contributed by atoms with Crippen LogP contribution in [-0.2, 0) is 9.53 Å². The first-order valence-electron chi connectivity index (χ1n) is 10.2. The number of alkyl carbamates (subject to hydrolysis) is 1. The molecule has 2 N–H and O–H groups in total. The van der Waals surface area contributed by atoms with Gasteiger partial charge in [0.15, 0.2) is 0 Å². The highest BCUT2D eigenvalue weighted by Gasteiger charge is 2.33. The lowest BCUT2D eigenvalue weighted by atomic mass is 10.00. The molecule has 0 bridgehead atoms. The molecular formula is C22H31N3O3. The molecule has 28 heavy (non-hydrogen) atoms. The third kappa shape index (κ3) is 5.27. The molecule has 1 aromatic carbocycles. The maximum Gasteiger partial charge on any atom is 0.408 e. The highest BCUT2D eigenvalue weighted by atomic mass is 16.6. The minimum atomic E-state index is -0.693. The summed E-state index contributed by atoms with van der Waals surface area (Å²) in [6.45, 7) is 5.82. The monoisotopic (exact) mass is 385 g/mol. The van der Waals surface area contributed by atoms with E-state index in [0.29, 0.717) is 6.54 Å². The largest absolute Gasteiger partial charge is 0.444 e. The molecule has 6 nitrogen and oxygen atoms in total. The van der Waals surface area contributed by atoms with Crippen LogP contribution in [0.15, 0.2) is 36.4 Å². The van der Waals surface area contributed by atoms with Crippen molar-refractivity contribution in [3.8, 4) is 0 Å². The lowest BCUT2D eigenvalue weighted by molar-refractivity contribution is -0.117. The van der Waals surface area contributed by atoms with Gasteiger partial charge in [-0.1, -0.05) is 37.1 Å². The van der Waals surface area contributed by atoms with E-state index >= 15 is 0 Å². The summed E-state index contributed by atoms with van der Waals surface area (Å²) in [5, 5.41) is 5.72. The van der Waals surface area contributed by atoms with E-state index in [0.717, 1.165) is 30.6 Å². The number of ether oxygens (including phenoxy) is 1. The minimum absolute atomic E-state index is 0.192. The van der Waals surface area contributed by atoms with Gasteiger partial charge in [-0.2, -0.15) is 0 Å². The van der Waals surface area contributed by atoms with E-state index in [1.54, 1.807) is 20.8 Å². The van der Waals surface area contributed by atoms with Crippen LogP contribution in [0.3, 0.4) is 0 Å². The predicted octanol–water partition coefficient (Wildman–Crippen LogP) is 4.23. The molecule has 0 spiro atoms. The van der Waals surface area contributed by atoms with E-state index in [4.69, 9.17) is 4.74 Å². The van der Waals surface area contributed by atoms with E-state index in [2.05, 4.69) is 27.7 Å². The molecule has 0 radical (unpaired) electrons. The first-order chi connectivity index (χ1) is 13.3. The zero-order chi connectivity index (χ0) is 20.1. The van der Waals surface area contributed by atoms with Crippen molar-refractivity contribution >= 4 is 23.4 Å². The summed E-state index contributed by atoms with van der Waals surface area (Å²) in [5.74, 6) is -0.226. The predicted molar refractivity (Wildman–Crippen MR) is 112 cm³/mol. The van der Waals surface area contributed by atoms with Crippen LogP contribution in [-0.4, -0.2) is 36.2 Å². The first-order valence-corrected chi connectivity index (χ1v) is 10.2. The second kappa shape index (κ2) is 8.67. The zero-order valence-corrected chi connectivity index (χ0v) is 17.0. The normalized spacial score (nSPS) is 23.0. The van der Waals surface area contributed by atoms with Gasteiger partial charge in [0, 0.05) is 12.6 Å². The van der Waals surface area contributed by atoms with Crippen molar-refractivity contribution in [3.63, 3.8) is 0 Å². The Hall–Kier alpha value is -2.50. The van der Waals surface area contributed by atoms with E-state index in [1.807, 2.05) is 24.3 Å². The van der Waals surface area contributed by atoms with Crippen LogP contribution < -0.4 is 15.5 Å². The van der Waals surface area contributed by atoms with Crippen LogP contribution >= 0.6 is 0 Å². The van der Waals surface area contributed by atoms with E-state index in [9.17, 15) is 9.59 Å². The third-order valence-electron chi connectivity index (χ3n) is 4.99. The highest BCUT2D eigenvalue weighted by molar-refractivity contribution is 6.01. The molecule has 2 aliphatic rings. The Kier molecular flexibility index (Phi) is 6.27. The van der Waals surface area contributed by atoms with Gasteiger partial charge >= 0.3 is 6.09 Å². The summed E-state index contributed by atoms with van der Waals surface area (Å²) in [6, 6.07) is 7.32. The Morgan fingerprint density at radius 1 is 1.21 bits per heavy atom. The van der Waals surface area contributed by atoms with Crippen molar-refractivity contribution in [1.29, 1.82) is 0 Å². The molecule has 152 valence electrons. The van der Waals surface area contributed by atoms with Crippen LogP contribution in [0.1, 0.15) is 52.9 Å². The van der Waals surface area contributed by atoms with Crippen LogP contribution in [0.2, 0.25) is 0 Å². The van der Waals surface area contributed by atoms with Gasteiger partial charge in [-0.05, 0) is 52.2 Å². The molecule has 0 fully saturated rings.